The molecule has 124 valence electrons. The molecule has 0 aliphatic carbocycles. The van der Waals surface area contributed by atoms with E-state index < -0.39 is 42.5 Å². The lowest BCUT2D eigenvalue weighted by Crippen LogP contribution is -2.41. The molecule has 0 aromatic heterocycles. The topological polar surface area (TPSA) is 61.6 Å². The number of nitrogens with zero attached hydrogens (tertiary/aromatic N) is 1. The Labute approximate surface area is 125 Å². The van der Waals surface area contributed by atoms with Gasteiger partial charge < -0.3 is 9.47 Å². The van der Waals surface area contributed by atoms with E-state index in [1.54, 1.807) is 0 Å². The summed E-state index contributed by atoms with van der Waals surface area (Å²) in [7, 11) is 0. The van der Waals surface area contributed by atoms with Crippen LogP contribution in [0.25, 0.3) is 0 Å². The summed E-state index contributed by atoms with van der Waals surface area (Å²) in [6, 6.07) is 3.80. The van der Waals surface area contributed by atoms with Gasteiger partial charge >= 0.3 is 17.8 Å². The van der Waals surface area contributed by atoms with Crippen molar-refractivity contribution in [3.63, 3.8) is 0 Å². The average molecular weight is 350 g/mol. The second kappa shape index (κ2) is 7.05. The van der Waals surface area contributed by atoms with Gasteiger partial charge in [0.2, 0.25) is 0 Å². The van der Waals surface area contributed by atoms with Crippen molar-refractivity contribution in [1.82, 2.24) is 0 Å². The van der Waals surface area contributed by atoms with Crippen LogP contribution in [-0.2, 0) is 4.74 Å². The lowest BCUT2D eigenvalue weighted by Gasteiger charge is -2.19. The van der Waals surface area contributed by atoms with E-state index in [2.05, 4.69) is 4.74 Å². The van der Waals surface area contributed by atoms with Gasteiger partial charge in [-0.3, -0.25) is 10.1 Å². The average Bonchev–Trinajstić information content (AvgIpc) is 2.36. The maximum atomic E-state index is 12.5. The molecular weight excluding hydrogens is 341 g/mol. The van der Waals surface area contributed by atoms with Crippen LogP contribution in [0.4, 0.5) is 27.6 Å². The largest absolute Gasteiger partial charge is 0.484 e. The fraction of sp³-hybridized carbons (Fsp3) is 0.455. The molecule has 1 aromatic carbocycles. The van der Waals surface area contributed by atoms with E-state index in [4.69, 9.17) is 16.3 Å². The summed E-state index contributed by atoms with van der Waals surface area (Å²) in [5.74, 6) is -5.22. The molecule has 11 heteroatoms. The van der Waals surface area contributed by atoms with E-state index in [0.29, 0.717) is 0 Å². The molecule has 0 fully saturated rings. The van der Waals surface area contributed by atoms with Gasteiger partial charge in [-0.15, -0.1) is 0 Å². The quantitative estimate of drug-likeness (QED) is 0.325. The van der Waals surface area contributed by atoms with E-state index in [1.165, 1.54) is 18.2 Å². The highest BCUT2D eigenvalue weighted by atomic mass is 35.5. The summed E-state index contributed by atoms with van der Waals surface area (Å²) >= 11 is 5.60. The van der Waals surface area contributed by atoms with Crippen LogP contribution in [0.15, 0.2) is 18.2 Å². The van der Waals surface area contributed by atoms with E-state index in [1.807, 2.05) is 0 Å². The Morgan fingerprint density at radius 2 is 1.82 bits per heavy atom. The minimum absolute atomic E-state index is 0.202. The van der Waals surface area contributed by atoms with E-state index in [9.17, 15) is 32.1 Å². The fourth-order valence-electron chi connectivity index (χ4n) is 1.28. The van der Waals surface area contributed by atoms with Crippen molar-refractivity contribution < 1.29 is 36.3 Å². The summed E-state index contributed by atoms with van der Waals surface area (Å²) in [6.07, 6.45) is -5.71. The highest BCUT2D eigenvalue weighted by Crippen LogP contribution is 2.36. The molecule has 0 saturated carbocycles. The molecule has 0 unspecified atom stereocenters. The first-order chi connectivity index (χ1) is 10.1. The van der Waals surface area contributed by atoms with Crippen LogP contribution in [0.3, 0.4) is 0 Å². The zero-order chi connectivity index (χ0) is 17.0. The van der Waals surface area contributed by atoms with Crippen molar-refractivity contribution in [2.24, 2.45) is 0 Å². The Hall–Kier alpha value is -1.68. The second-order valence-electron chi connectivity index (χ2n) is 3.95. The summed E-state index contributed by atoms with van der Waals surface area (Å²) in [6.45, 7) is -2.94. The van der Waals surface area contributed by atoms with Crippen LogP contribution in [0, 0.1) is 10.1 Å². The van der Waals surface area contributed by atoms with Gasteiger partial charge in [0.25, 0.3) is 0 Å². The van der Waals surface area contributed by atoms with Crippen molar-refractivity contribution in [3.05, 3.63) is 33.3 Å². The highest BCUT2D eigenvalue weighted by molar-refractivity contribution is 6.32. The summed E-state index contributed by atoms with van der Waals surface area (Å²) in [5, 5.41) is 10.6. The molecule has 0 spiro atoms. The number of benzene rings is 1. The van der Waals surface area contributed by atoms with Gasteiger partial charge in [-0.25, -0.2) is 0 Å². The van der Waals surface area contributed by atoms with Gasteiger partial charge in [0.15, 0.2) is 5.75 Å². The number of alkyl halides is 5. The van der Waals surface area contributed by atoms with Crippen molar-refractivity contribution >= 4 is 17.3 Å². The molecule has 0 heterocycles. The molecule has 0 aliphatic heterocycles. The molecule has 0 bridgehead atoms. The molecule has 1 aromatic rings. The Bertz CT molecular complexity index is 538. The zero-order valence-corrected chi connectivity index (χ0v) is 11.5. The number of hydrogen-bond donors (Lipinski definition) is 0. The number of hydrogen-bond acceptors (Lipinski definition) is 4. The third-order valence-electron chi connectivity index (χ3n) is 2.32. The Morgan fingerprint density at radius 3 is 2.36 bits per heavy atom. The smallest absolute Gasteiger partial charge is 0.455 e. The molecule has 0 radical (unpaired) electrons. The van der Waals surface area contributed by atoms with E-state index in [-0.39, 0.29) is 10.8 Å². The first-order valence-electron chi connectivity index (χ1n) is 5.64. The van der Waals surface area contributed by atoms with Gasteiger partial charge in [-0.1, -0.05) is 17.7 Å². The molecule has 0 saturated heterocycles. The lowest BCUT2D eigenvalue weighted by molar-refractivity contribution is -0.385. The molecule has 0 aliphatic rings. The number of ether oxygens (including phenoxy) is 2. The van der Waals surface area contributed by atoms with Crippen LogP contribution >= 0.6 is 11.6 Å². The summed E-state index contributed by atoms with van der Waals surface area (Å²) in [4.78, 5) is 9.95. The lowest BCUT2D eigenvalue weighted by atomic mass is 10.3. The number of rotatable bonds is 7. The maximum Gasteiger partial charge on any atom is 0.455 e. The molecule has 0 atom stereocenters. The van der Waals surface area contributed by atoms with Gasteiger partial charge in [0.1, 0.15) is 18.2 Å². The SMILES string of the molecule is O=[N+]([O-])c1c(Cl)cccc1OCCOCC(F)(F)C(F)(F)F. The standard InChI is InChI=1S/C11H9ClF5NO4/c12-7-2-1-3-8(9(7)18(19)20)22-5-4-21-6-10(13,14)11(15,16)17/h1-3H,4-6H2. The molecule has 0 N–H and O–H groups in total. The Morgan fingerprint density at radius 1 is 1.18 bits per heavy atom. The summed E-state index contributed by atoms with van der Waals surface area (Å²) < 4.78 is 69.6. The van der Waals surface area contributed by atoms with Gasteiger partial charge in [-0.05, 0) is 12.1 Å². The van der Waals surface area contributed by atoms with Crippen LogP contribution in [0.5, 0.6) is 5.75 Å². The van der Waals surface area contributed by atoms with Crippen LogP contribution in [0.1, 0.15) is 0 Å². The number of para-hydroxylation sites is 1. The minimum Gasteiger partial charge on any atom is -0.484 e. The fourth-order valence-corrected chi connectivity index (χ4v) is 1.52. The first-order valence-corrected chi connectivity index (χ1v) is 6.02. The first kappa shape index (κ1) is 18.4. The molecule has 5 nitrogen and oxygen atoms in total. The van der Waals surface area contributed by atoms with Crippen molar-refractivity contribution in [2.75, 3.05) is 19.8 Å². The number of nitro benzene ring substituents is 1. The molecular formula is C11H9ClF5NO4. The highest BCUT2D eigenvalue weighted by Gasteiger charge is 2.57. The predicted molar refractivity (Wildman–Crippen MR) is 65.4 cm³/mol. The monoisotopic (exact) mass is 349 g/mol. The van der Waals surface area contributed by atoms with Gasteiger partial charge in [0.05, 0.1) is 11.5 Å². The number of nitro groups is 1. The van der Waals surface area contributed by atoms with Crippen LogP contribution in [0.2, 0.25) is 5.02 Å². The Kier molecular flexibility index (Phi) is 5.89. The van der Waals surface area contributed by atoms with Crippen LogP contribution < -0.4 is 4.74 Å². The van der Waals surface area contributed by atoms with E-state index >= 15 is 0 Å². The van der Waals surface area contributed by atoms with Crippen molar-refractivity contribution in [1.29, 1.82) is 0 Å². The maximum absolute atomic E-state index is 12.5. The van der Waals surface area contributed by atoms with Crippen LogP contribution in [-0.4, -0.2) is 36.8 Å². The number of halogens is 6. The van der Waals surface area contributed by atoms with Crippen molar-refractivity contribution in [2.45, 2.75) is 12.1 Å². The van der Waals surface area contributed by atoms with E-state index in [0.717, 1.165) is 0 Å². The van der Waals surface area contributed by atoms with Gasteiger partial charge in [0, 0.05) is 0 Å². The third kappa shape index (κ3) is 4.67. The second-order valence-corrected chi connectivity index (χ2v) is 4.35. The van der Waals surface area contributed by atoms with Crippen molar-refractivity contribution in [3.8, 4) is 5.75 Å². The predicted octanol–water partition coefficient (Wildman–Crippen LogP) is 3.84. The minimum atomic E-state index is -5.71. The molecule has 0 amide bonds. The molecule has 1 rings (SSSR count). The summed E-state index contributed by atoms with van der Waals surface area (Å²) in [5.41, 5.74) is -0.537. The van der Waals surface area contributed by atoms with Gasteiger partial charge in [-0.2, -0.15) is 22.0 Å². The Balaban J connectivity index is 2.50. The normalized spacial score (nSPS) is 12.3. The molecule has 22 heavy (non-hydrogen) atoms. The zero-order valence-electron chi connectivity index (χ0n) is 10.7. The third-order valence-corrected chi connectivity index (χ3v) is 2.62.